The van der Waals surface area contributed by atoms with E-state index in [0.29, 0.717) is 0 Å². The summed E-state index contributed by atoms with van der Waals surface area (Å²) in [4.78, 5) is 0. The summed E-state index contributed by atoms with van der Waals surface area (Å²) in [6.45, 7) is -0.652. The van der Waals surface area contributed by atoms with E-state index in [1.165, 1.54) is 0 Å². The smallest absolute Gasteiger partial charge is 0.228 e. The fraction of sp³-hybridized carbons (Fsp3) is 1.00. The van der Waals surface area contributed by atoms with Crippen LogP contribution >= 0.6 is 0 Å². The summed E-state index contributed by atoms with van der Waals surface area (Å²) in [6.07, 6.45) is -7.81. The van der Waals surface area contributed by atoms with Crippen molar-refractivity contribution in [2.75, 3.05) is 6.61 Å². The summed E-state index contributed by atoms with van der Waals surface area (Å²) in [5, 5.41) is 35.3. The molecular formula is C6H11FO5. The predicted octanol–water partition coefficient (Wildman–Crippen LogP) is -2.24. The van der Waals surface area contributed by atoms with Crippen molar-refractivity contribution in [3.05, 3.63) is 0 Å². The molecule has 5 nitrogen and oxygen atoms in total. The van der Waals surface area contributed by atoms with Gasteiger partial charge >= 0.3 is 0 Å². The monoisotopic (exact) mass is 182 g/mol. The third kappa shape index (κ3) is 1.57. The number of aliphatic hydroxyl groups excluding tert-OH is 4. The highest BCUT2D eigenvalue weighted by Gasteiger charge is 2.45. The van der Waals surface area contributed by atoms with Crippen molar-refractivity contribution in [3.63, 3.8) is 0 Å². The lowest BCUT2D eigenvalue weighted by Crippen LogP contribution is -2.40. The molecule has 0 aromatic carbocycles. The van der Waals surface area contributed by atoms with Crippen molar-refractivity contribution < 1.29 is 29.6 Å². The molecule has 6 heteroatoms. The highest BCUT2D eigenvalue weighted by atomic mass is 19.1. The summed E-state index contributed by atoms with van der Waals surface area (Å²) in [5.41, 5.74) is 0. The van der Waals surface area contributed by atoms with Gasteiger partial charge in [0.25, 0.3) is 0 Å². The van der Waals surface area contributed by atoms with Crippen LogP contribution in [-0.4, -0.2) is 57.8 Å². The number of ether oxygens (including phenoxy) is 1. The number of hydrogen-bond donors (Lipinski definition) is 4. The maximum absolute atomic E-state index is 12.5. The number of halogens is 1. The summed E-state index contributed by atoms with van der Waals surface area (Å²) in [6, 6.07) is 0. The predicted molar refractivity (Wildman–Crippen MR) is 34.9 cm³/mol. The molecule has 0 aromatic rings. The van der Waals surface area contributed by atoms with Gasteiger partial charge < -0.3 is 25.2 Å². The first-order valence-corrected chi connectivity index (χ1v) is 3.52. The van der Waals surface area contributed by atoms with Crippen LogP contribution in [0.25, 0.3) is 0 Å². The van der Waals surface area contributed by atoms with Crippen LogP contribution in [-0.2, 0) is 4.74 Å². The van der Waals surface area contributed by atoms with E-state index in [0.717, 1.165) is 0 Å². The fourth-order valence-corrected chi connectivity index (χ4v) is 1.08. The molecule has 0 saturated carbocycles. The second-order valence-corrected chi connectivity index (χ2v) is 2.68. The van der Waals surface area contributed by atoms with E-state index >= 15 is 0 Å². The summed E-state index contributed by atoms with van der Waals surface area (Å²) >= 11 is 0. The van der Waals surface area contributed by atoms with E-state index in [1.54, 1.807) is 0 Å². The molecule has 5 atom stereocenters. The van der Waals surface area contributed by atoms with Gasteiger partial charge in [-0.05, 0) is 0 Å². The molecule has 0 amide bonds. The number of hydrogen-bond acceptors (Lipinski definition) is 5. The molecule has 0 bridgehead atoms. The van der Waals surface area contributed by atoms with Gasteiger partial charge in [-0.1, -0.05) is 0 Å². The molecule has 1 rings (SSSR count). The van der Waals surface area contributed by atoms with Crippen LogP contribution < -0.4 is 0 Å². The van der Waals surface area contributed by atoms with Crippen molar-refractivity contribution in [2.45, 2.75) is 30.8 Å². The topological polar surface area (TPSA) is 90.2 Å². The van der Waals surface area contributed by atoms with Gasteiger partial charge in [0, 0.05) is 0 Å². The molecule has 72 valence electrons. The highest BCUT2D eigenvalue weighted by Crippen LogP contribution is 2.24. The van der Waals surface area contributed by atoms with Crippen LogP contribution in [0, 0.1) is 0 Å². The lowest BCUT2D eigenvalue weighted by atomic mass is 10.1. The van der Waals surface area contributed by atoms with Crippen molar-refractivity contribution in [2.24, 2.45) is 0 Å². The van der Waals surface area contributed by atoms with Gasteiger partial charge in [-0.15, -0.1) is 0 Å². The Morgan fingerprint density at radius 1 is 1.33 bits per heavy atom. The SMILES string of the molecule is OC[C@@H](O)[C@H]1OC(F)[C@H](O)[C@H]1O. The Morgan fingerprint density at radius 2 is 1.92 bits per heavy atom. The van der Waals surface area contributed by atoms with E-state index in [2.05, 4.69) is 4.74 Å². The first-order chi connectivity index (χ1) is 5.57. The zero-order valence-corrected chi connectivity index (χ0v) is 6.17. The number of rotatable bonds is 2. The molecule has 1 fully saturated rings. The maximum atomic E-state index is 12.5. The Bertz CT molecular complexity index is 155. The maximum Gasteiger partial charge on any atom is 0.228 e. The molecule has 1 heterocycles. The van der Waals surface area contributed by atoms with Gasteiger partial charge in [0.15, 0.2) is 0 Å². The summed E-state index contributed by atoms with van der Waals surface area (Å²) in [5.74, 6) is 0. The van der Waals surface area contributed by atoms with E-state index < -0.39 is 37.4 Å². The van der Waals surface area contributed by atoms with Crippen LogP contribution in [0.4, 0.5) is 4.39 Å². The average molecular weight is 182 g/mol. The molecule has 1 aliphatic heterocycles. The zero-order valence-electron chi connectivity index (χ0n) is 6.17. The molecule has 0 aromatic heterocycles. The molecular weight excluding hydrogens is 171 g/mol. The second kappa shape index (κ2) is 3.63. The summed E-state index contributed by atoms with van der Waals surface area (Å²) in [7, 11) is 0. The van der Waals surface area contributed by atoms with Crippen LogP contribution in [0.5, 0.6) is 0 Å². The standard InChI is InChI=1S/C6H11FO5/c7-6-4(11)3(10)5(12-6)2(9)1-8/h2-6,8-11H,1H2/t2-,3-,4-,5-,6?/m1/s1. The van der Waals surface area contributed by atoms with Crippen LogP contribution in [0.15, 0.2) is 0 Å². The van der Waals surface area contributed by atoms with E-state index in [1.807, 2.05) is 0 Å². The summed E-state index contributed by atoms with van der Waals surface area (Å²) < 4.78 is 16.9. The highest BCUT2D eigenvalue weighted by molar-refractivity contribution is 4.89. The third-order valence-corrected chi connectivity index (χ3v) is 1.81. The zero-order chi connectivity index (χ0) is 9.30. The Kier molecular flexibility index (Phi) is 2.97. The van der Waals surface area contributed by atoms with Crippen molar-refractivity contribution in [1.29, 1.82) is 0 Å². The Balaban J connectivity index is 2.58. The van der Waals surface area contributed by atoms with Crippen molar-refractivity contribution in [3.8, 4) is 0 Å². The number of aliphatic hydroxyl groups is 4. The first-order valence-electron chi connectivity index (χ1n) is 3.52. The largest absolute Gasteiger partial charge is 0.394 e. The molecule has 4 N–H and O–H groups in total. The Morgan fingerprint density at radius 3 is 2.25 bits per heavy atom. The minimum Gasteiger partial charge on any atom is -0.394 e. The molecule has 0 spiro atoms. The first kappa shape index (κ1) is 9.82. The average Bonchev–Trinajstić information content (AvgIpc) is 2.32. The van der Waals surface area contributed by atoms with Crippen LogP contribution in [0.3, 0.4) is 0 Å². The van der Waals surface area contributed by atoms with Crippen LogP contribution in [0.1, 0.15) is 0 Å². The lowest BCUT2D eigenvalue weighted by molar-refractivity contribution is -0.113. The Labute approximate surface area is 68.0 Å². The van der Waals surface area contributed by atoms with E-state index in [9.17, 15) is 4.39 Å². The van der Waals surface area contributed by atoms with E-state index in [4.69, 9.17) is 20.4 Å². The van der Waals surface area contributed by atoms with Gasteiger partial charge in [-0.2, -0.15) is 0 Å². The molecule has 0 aliphatic carbocycles. The normalized spacial score (nSPS) is 44.8. The van der Waals surface area contributed by atoms with Gasteiger partial charge in [-0.25, -0.2) is 4.39 Å². The third-order valence-electron chi connectivity index (χ3n) is 1.81. The van der Waals surface area contributed by atoms with Crippen LogP contribution in [0.2, 0.25) is 0 Å². The fourth-order valence-electron chi connectivity index (χ4n) is 1.08. The molecule has 1 unspecified atom stereocenters. The molecule has 12 heavy (non-hydrogen) atoms. The second-order valence-electron chi connectivity index (χ2n) is 2.68. The minimum absolute atomic E-state index is 0.652. The quantitative estimate of drug-likeness (QED) is 0.387. The molecule has 1 aliphatic rings. The van der Waals surface area contributed by atoms with E-state index in [-0.39, 0.29) is 0 Å². The van der Waals surface area contributed by atoms with Gasteiger partial charge in [0.1, 0.15) is 24.4 Å². The minimum atomic E-state index is -2.01. The molecule has 1 saturated heterocycles. The van der Waals surface area contributed by atoms with Gasteiger partial charge in [0.2, 0.25) is 6.36 Å². The van der Waals surface area contributed by atoms with Crippen molar-refractivity contribution >= 4 is 0 Å². The van der Waals surface area contributed by atoms with Gasteiger partial charge in [0.05, 0.1) is 6.61 Å². The number of alkyl halides is 1. The van der Waals surface area contributed by atoms with Gasteiger partial charge in [-0.3, -0.25) is 0 Å². The van der Waals surface area contributed by atoms with Crippen molar-refractivity contribution in [1.82, 2.24) is 0 Å². The molecule has 0 radical (unpaired) electrons. The Hall–Kier alpha value is -0.270. The lowest BCUT2D eigenvalue weighted by Gasteiger charge is -2.18.